The lowest BCUT2D eigenvalue weighted by Gasteiger charge is -2.11. The van der Waals surface area contributed by atoms with Gasteiger partial charge in [0.15, 0.2) is 0 Å². The van der Waals surface area contributed by atoms with E-state index >= 15 is 0 Å². The summed E-state index contributed by atoms with van der Waals surface area (Å²) < 4.78 is 14.2. The molecule has 1 aromatic carbocycles. The van der Waals surface area contributed by atoms with E-state index in [1.165, 1.54) is 6.07 Å². The van der Waals surface area contributed by atoms with Gasteiger partial charge in [0, 0.05) is 16.1 Å². The highest BCUT2D eigenvalue weighted by atomic mass is 79.9. The van der Waals surface area contributed by atoms with Gasteiger partial charge in [0.1, 0.15) is 5.82 Å². The molecule has 1 atom stereocenters. The maximum absolute atomic E-state index is 13.3. The smallest absolute Gasteiger partial charge is 0.128 e. The average molecular weight is 258 g/mol. The highest BCUT2D eigenvalue weighted by Gasteiger charge is 2.10. The minimum absolute atomic E-state index is 0.246. The topological polar surface area (TPSA) is 26.0 Å². The van der Waals surface area contributed by atoms with E-state index in [1.807, 2.05) is 0 Å². The van der Waals surface area contributed by atoms with E-state index in [-0.39, 0.29) is 11.9 Å². The summed E-state index contributed by atoms with van der Waals surface area (Å²) in [7, 11) is 0. The number of halogens is 2. The monoisotopic (exact) mass is 257 g/mol. The number of benzene rings is 1. The van der Waals surface area contributed by atoms with Crippen LogP contribution in [-0.2, 0) is 0 Å². The Morgan fingerprint density at radius 1 is 1.57 bits per heavy atom. The molecule has 1 aromatic rings. The van der Waals surface area contributed by atoms with Crippen molar-refractivity contribution in [1.29, 1.82) is 0 Å². The largest absolute Gasteiger partial charge is 0.324 e. The van der Waals surface area contributed by atoms with Gasteiger partial charge in [-0.1, -0.05) is 22.0 Å². The van der Waals surface area contributed by atoms with Crippen molar-refractivity contribution < 1.29 is 4.39 Å². The Kier molecular flexibility index (Phi) is 4.29. The van der Waals surface area contributed by atoms with E-state index in [0.29, 0.717) is 5.56 Å². The van der Waals surface area contributed by atoms with Gasteiger partial charge in [-0.2, -0.15) is 0 Å². The predicted molar refractivity (Wildman–Crippen MR) is 60.5 cm³/mol. The Morgan fingerprint density at radius 3 is 2.93 bits per heavy atom. The maximum atomic E-state index is 13.3. The average Bonchev–Trinajstić information content (AvgIpc) is 2.18. The van der Waals surface area contributed by atoms with Gasteiger partial charge in [-0.05, 0) is 31.0 Å². The second-order valence-corrected chi connectivity index (χ2v) is 4.05. The van der Waals surface area contributed by atoms with Crippen molar-refractivity contribution in [3.63, 3.8) is 0 Å². The zero-order valence-corrected chi connectivity index (χ0v) is 9.43. The lowest BCUT2D eigenvalue weighted by Crippen LogP contribution is -2.11. The van der Waals surface area contributed by atoms with Gasteiger partial charge in [-0.3, -0.25) is 0 Å². The molecule has 0 heterocycles. The van der Waals surface area contributed by atoms with Crippen molar-refractivity contribution in [3.05, 3.63) is 46.7 Å². The molecule has 0 radical (unpaired) electrons. The second-order valence-electron chi connectivity index (χ2n) is 3.14. The highest BCUT2D eigenvalue weighted by molar-refractivity contribution is 9.10. The zero-order valence-electron chi connectivity index (χ0n) is 7.84. The Morgan fingerprint density at radius 2 is 2.29 bits per heavy atom. The van der Waals surface area contributed by atoms with Crippen molar-refractivity contribution >= 4 is 15.9 Å². The summed E-state index contributed by atoms with van der Waals surface area (Å²) >= 11 is 3.29. The third-order valence-corrected chi connectivity index (χ3v) is 2.53. The maximum Gasteiger partial charge on any atom is 0.128 e. The SMILES string of the molecule is C=CCCC(N)c1cc(Br)ccc1F. The van der Waals surface area contributed by atoms with Crippen LogP contribution in [0, 0.1) is 5.82 Å². The zero-order chi connectivity index (χ0) is 10.6. The van der Waals surface area contributed by atoms with Crippen molar-refractivity contribution in [3.8, 4) is 0 Å². The van der Waals surface area contributed by atoms with Crippen LogP contribution in [0.15, 0.2) is 35.3 Å². The number of hydrogen-bond acceptors (Lipinski definition) is 1. The third kappa shape index (κ3) is 2.93. The molecule has 1 rings (SSSR count). The van der Waals surface area contributed by atoms with Gasteiger partial charge in [0.05, 0.1) is 0 Å². The Bertz CT molecular complexity index is 325. The van der Waals surface area contributed by atoms with Crippen molar-refractivity contribution in [2.45, 2.75) is 18.9 Å². The highest BCUT2D eigenvalue weighted by Crippen LogP contribution is 2.23. The van der Waals surface area contributed by atoms with Crippen LogP contribution < -0.4 is 5.73 Å². The molecule has 1 unspecified atom stereocenters. The van der Waals surface area contributed by atoms with Gasteiger partial charge >= 0.3 is 0 Å². The van der Waals surface area contributed by atoms with Crippen LogP contribution in [0.2, 0.25) is 0 Å². The first-order valence-corrected chi connectivity index (χ1v) is 5.26. The number of hydrogen-bond donors (Lipinski definition) is 1. The van der Waals surface area contributed by atoms with Crippen LogP contribution in [0.1, 0.15) is 24.4 Å². The minimum atomic E-state index is -0.259. The Labute approximate surface area is 91.9 Å². The Hall–Kier alpha value is -0.670. The minimum Gasteiger partial charge on any atom is -0.324 e. The van der Waals surface area contributed by atoms with Crippen molar-refractivity contribution in [2.24, 2.45) is 5.73 Å². The summed E-state index contributed by atoms with van der Waals surface area (Å²) in [6, 6.07) is 4.56. The summed E-state index contributed by atoms with van der Waals surface area (Å²) in [5, 5.41) is 0. The lowest BCUT2D eigenvalue weighted by molar-refractivity contribution is 0.566. The predicted octanol–water partition coefficient (Wildman–Crippen LogP) is 3.55. The molecule has 0 aliphatic carbocycles. The quantitative estimate of drug-likeness (QED) is 0.821. The van der Waals surface area contributed by atoms with Gasteiger partial charge < -0.3 is 5.73 Å². The van der Waals surface area contributed by atoms with Gasteiger partial charge in [0.2, 0.25) is 0 Å². The number of rotatable bonds is 4. The molecular weight excluding hydrogens is 245 g/mol. The fourth-order valence-corrected chi connectivity index (χ4v) is 1.63. The first-order chi connectivity index (χ1) is 6.65. The lowest BCUT2D eigenvalue weighted by atomic mass is 10.0. The molecule has 2 N–H and O–H groups in total. The molecule has 0 aromatic heterocycles. The molecule has 0 saturated heterocycles. The molecule has 0 aliphatic rings. The standard InChI is InChI=1S/C11H13BrFN/c1-2-3-4-11(14)9-7-8(12)5-6-10(9)13/h2,5-7,11H,1,3-4,14H2. The molecule has 0 spiro atoms. The molecule has 0 amide bonds. The molecule has 0 bridgehead atoms. The fraction of sp³-hybridized carbons (Fsp3) is 0.273. The molecule has 14 heavy (non-hydrogen) atoms. The normalized spacial score (nSPS) is 12.5. The van der Waals surface area contributed by atoms with E-state index in [4.69, 9.17) is 5.73 Å². The number of allylic oxidation sites excluding steroid dienone is 1. The first kappa shape index (κ1) is 11.4. The summed E-state index contributed by atoms with van der Waals surface area (Å²) in [5.74, 6) is -0.246. The van der Waals surface area contributed by atoms with Crippen LogP contribution in [-0.4, -0.2) is 0 Å². The fourth-order valence-electron chi connectivity index (χ4n) is 1.25. The summed E-state index contributed by atoms with van der Waals surface area (Å²) in [6.45, 7) is 3.61. The van der Waals surface area contributed by atoms with E-state index < -0.39 is 0 Å². The first-order valence-electron chi connectivity index (χ1n) is 4.46. The van der Waals surface area contributed by atoms with Crippen LogP contribution in [0.25, 0.3) is 0 Å². The third-order valence-electron chi connectivity index (χ3n) is 2.04. The molecular formula is C11H13BrFN. The van der Waals surface area contributed by atoms with E-state index in [1.54, 1.807) is 18.2 Å². The van der Waals surface area contributed by atoms with Crippen LogP contribution in [0.5, 0.6) is 0 Å². The second kappa shape index (κ2) is 5.27. The molecule has 1 nitrogen and oxygen atoms in total. The van der Waals surface area contributed by atoms with E-state index in [0.717, 1.165) is 17.3 Å². The molecule has 0 fully saturated rings. The van der Waals surface area contributed by atoms with Gasteiger partial charge in [0.25, 0.3) is 0 Å². The molecule has 0 saturated carbocycles. The van der Waals surface area contributed by atoms with Gasteiger partial charge in [-0.15, -0.1) is 6.58 Å². The summed E-state index contributed by atoms with van der Waals surface area (Å²) in [4.78, 5) is 0. The van der Waals surface area contributed by atoms with Crippen molar-refractivity contribution in [1.82, 2.24) is 0 Å². The summed E-state index contributed by atoms with van der Waals surface area (Å²) in [5.41, 5.74) is 6.40. The van der Waals surface area contributed by atoms with E-state index in [9.17, 15) is 4.39 Å². The van der Waals surface area contributed by atoms with Gasteiger partial charge in [-0.25, -0.2) is 4.39 Å². The number of nitrogens with two attached hydrogens (primary N) is 1. The van der Waals surface area contributed by atoms with Crippen LogP contribution in [0.3, 0.4) is 0 Å². The molecule has 76 valence electrons. The molecule has 0 aliphatic heterocycles. The Balaban J connectivity index is 2.82. The summed E-state index contributed by atoms with van der Waals surface area (Å²) in [6.07, 6.45) is 3.31. The van der Waals surface area contributed by atoms with Crippen LogP contribution >= 0.6 is 15.9 Å². The molecule has 3 heteroatoms. The van der Waals surface area contributed by atoms with E-state index in [2.05, 4.69) is 22.5 Å². The van der Waals surface area contributed by atoms with Crippen molar-refractivity contribution in [2.75, 3.05) is 0 Å². The van der Waals surface area contributed by atoms with Crippen LogP contribution in [0.4, 0.5) is 4.39 Å².